The molecule has 0 N–H and O–H groups in total. The van der Waals surface area contributed by atoms with Gasteiger partial charge in [-0.1, -0.05) is 6.07 Å². The van der Waals surface area contributed by atoms with Gasteiger partial charge in [-0.3, -0.25) is 9.25 Å². The van der Waals surface area contributed by atoms with Crippen LogP contribution in [-0.4, -0.2) is 63.6 Å². The second-order valence-electron chi connectivity index (χ2n) is 7.30. The number of rotatable bonds is 5. The van der Waals surface area contributed by atoms with Gasteiger partial charge in [0.1, 0.15) is 13.0 Å². The van der Waals surface area contributed by atoms with Crippen molar-refractivity contribution in [1.82, 2.24) is 24.3 Å². The van der Waals surface area contributed by atoms with Gasteiger partial charge in [-0.2, -0.15) is 23.3 Å². The second kappa shape index (κ2) is 8.92. The Kier molecular flexibility index (Phi) is 6.03. The summed E-state index contributed by atoms with van der Waals surface area (Å²) in [7, 11) is 1.33. The average Bonchev–Trinajstić information content (AvgIpc) is 3.29. The summed E-state index contributed by atoms with van der Waals surface area (Å²) in [5.74, 6) is -0.162. The lowest BCUT2D eigenvalue weighted by atomic mass is 10.1. The Hall–Kier alpha value is -3.90. The van der Waals surface area contributed by atoms with Crippen molar-refractivity contribution in [3.05, 3.63) is 64.6 Å². The fraction of sp³-hybridized carbons (Fsp3) is 0.350. The van der Waals surface area contributed by atoms with Crippen molar-refractivity contribution in [3.63, 3.8) is 0 Å². The molecule has 1 saturated heterocycles. The zero-order valence-corrected chi connectivity index (χ0v) is 17.6. The molecule has 2 aromatic heterocycles. The minimum absolute atomic E-state index is 0.237. The second-order valence-corrected chi connectivity index (χ2v) is 7.30. The summed E-state index contributed by atoms with van der Waals surface area (Å²) >= 11 is 0. The molecule has 0 spiro atoms. The van der Waals surface area contributed by atoms with Gasteiger partial charge >= 0.3 is 17.8 Å². The highest BCUT2D eigenvalue weighted by atomic mass is 19.4. The summed E-state index contributed by atoms with van der Waals surface area (Å²) in [4.78, 5) is 36.2. The van der Waals surface area contributed by atoms with E-state index in [-0.39, 0.29) is 12.6 Å². The number of piperazine rings is 1. The van der Waals surface area contributed by atoms with Crippen LogP contribution in [0.3, 0.4) is 0 Å². The number of ether oxygens (including phenoxy) is 1. The summed E-state index contributed by atoms with van der Waals surface area (Å²) in [6, 6.07) is 7.97. The van der Waals surface area contributed by atoms with Crippen LogP contribution < -0.4 is 15.5 Å². The molecule has 0 atom stereocenters. The number of carbonyl (C=O) groups excluding carboxylic acids is 1. The number of aromatic nitrogens is 5. The van der Waals surface area contributed by atoms with Gasteiger partial charge in [0, 0.05) is 38.1 Å². The van der Waals surface area contributed by atoms with Crippen molar-refractivity contribution < 1.29 is 22.7 Å². The van der Waals surface area contributed by atoms with Crippen molar-refractivity contribution in [2.75, 3.05) is 43.1 Å². The molecule has 0 amide bonds. The summed E-state index contributed by atoms with van der Waals surface area (Å²) in [5.41, 5.74) is -0.337. The smallest absolute Gasteiger partial charge is 0.435 e. The Morgan fingerprint density at radius 3 is 2.48 bits per heavy atom. The normalized spacial score (nSPS) is 14.4. The van der Waals surface area contributed by atoms with E-state index in [9.17, 15) is 22.8 Å². The maximum Gasteiger partial charge on any atom is 0.435 e. The van der Waals surface area contributed by atoms with Gasteiger partial charge in [0.25, 0.3) is 0 Å². The van der Waals surface area contributed by atoms with Crippen LogP contribution in [0.5, 0.6) is 0 Å². The zero-order chi connectivity index (χ0) is 23.6. The Morgan fingerprint density at radius 2 is 1.85 bits per heavy atom. The van der Waals surface area contributed by atoms with Gasteiger partial charge in [0.2, 0.25) is 5.95 Å². The maximum absolute atomic E-state index is 12.7. The van der Waals surface area contributed by atoms with Crippen LogP contribution in [0, 0.1) is 0 Å². The molecule has 1 fully saturated rings. The molecule has 0 bridgehead atoms. The molecule has 0 radical (unpaired) electrons. The lowest BCUT2D eigenvalue weighted by molar-refractivity contribution is -0.141. The molecule has 1 aliphatic rings. The molecule has 10 nitrogen and oxygen atoms in total. The number of carbonyl (C=O) groups is 1. The standard InChI is InChI=1S/C20H20F3N7O3/c1-33-17(31)14-3-2-4-15(11-14)27-7-9-28(10-8-27)18-24-12-29(19(32)25-18)13-30-6-5-16(26-30)20(21,22)23/h2-6,11-12H,7-10,13H2,1H3. The van der Waals surface area contributed by atoms with Crippen molar-refractivity contribution >= 4 is 17.6 Å². The Bertz CT molecular complexity index is 1200. The number of esters is 1. The van der Waals surface area contributed by atoms with Crippen LogP contribution in [0.15, 0.2) is 47.7 Å². The van der Waals surface area contributed by atoms with Gasteiger partial charge in [0.05, 0.1) is 12.7 Å². The SMILES string of the molecule is COC(=O)c1cccc(N2CCN(c3ncn(Cn4ccc(C(F)(F)F)n4)c(=O)n3)CC2)c1. The summed E-state index contributed by atoms with van der Waals surface area (Å²) in [6.07, 6.45) is -2.18. The predicted octanol–water partition coefficient (Wildman–Crippen LogP) is 1.47. The quantitative estimate of drug-likeness (QED) is 0.525. The minimum Gasteiger partial charge on any atom is -0.465 e. The molecule has 33 heavy (non-hydrogen) atoms. The van der Waals surface area contributed by atoms with Crippen LogP contribution in [0.25, 0.3) is 0 Å². The number of nitrogens with zero attached hydrogens (tertiary/aromatic N) is 7. The molecule has 1 aromatic carbocycles. The van der Waals surface area contributed by atoms with Crippen molar-refractivity contribution in [2.24, 2.45) is 0 Å². The minimum atomic E-state index is -4.56. The molecule has 3 heterocycles. The third kappa shape index (κ3) is 4.96. The lowest BCUT2D eigenvalue weighted by Crippen LogP contribution is -2.47. The van der Waals surface area contributed by atoms with E-state index in [0.29, 0.717) is 31.7 Å². The fourth-order valence-corrected chi connectivity index (χ4v) is 3.46. The highest BCUT2D eigenvalue weighted by molar-refractivity contribution is 5.90. The number of methoxy groups -OCH3 is 1. The van der Waals surface area contributed by atoms with E-state index in [0.717, 1.165) is 27.2 Å². The lowest BCUT2D eigenvalue weighted by Gasteiger charge is -2.36. The highest BCUT2D eigenvalue weighted by Gasteiger charge is 2.33. The first-order valence-corrected chi connectivity index (χ1v) is 9.97. The van der Waals surface area contributed by atoms with E-state index in [1.807, 2.05) is 11.0 Å². The summed E-state index contributed by atoms with van der Waals surface area (Å²) in [5, 5.41) is 3.42. The number of hydrogen-bond donors (Lipinski definition) is 0. The van der Waals surface area contributed by atoms with E-state index in [1.165, 1.54) is 13.4 Å². The molecule has 174 valence electrons. The Balaban J connectivity index is 1.40. The average molecular weight is 463 g/mol. The Morgan fingerprint density at radius 1 is 1.12 bits per heavy atom. The molecular formula is C20H20F3N7O3. The first kappa shape index (κ1) is 22.3. The molecule has 0 unspecified atom stereocenters. The van der Waals surface area contributed by atoms with Gasteiger partial charge in [0.15, 0.2) is 5.69 Å². The van der Waals surface area contributed by atoms with E-state index < -0.39 is 23.5 Å². The molecule has 0 aliphatic carbocycles. The van der Waals surface area contributed by atoms with Gasteiger partial charge < -0.3 is 14.5 Å². The summed E-state index contributed by atoms with van der Waals surface area (Å²) in [6.45, 7) is 2.08. The van der Waals surface area contributed by atoms with E-state index >= 15 is 0 Å². The summed E-state index contributed by atoms with van der Waals surface area (Å²) < 4.78 is 44.9. The molecule has 0 saturated carbocycles. The third-order valence-corrected chi connectivity index (χ3v) is 5.18. The van der Waals surface area contributed by atoms with Crippen LogP contribution in [0.1, 0.15) is 16.1 Å². The van der Waals surface area contributed by atoms with Crippen molar-refractivity contribution in [3.8, 4) is 0 Å². The first-order valence-electron chi connectivity index (χ1n) is 9.97. The largest absolute Gasteiger partial charge is 0.465 e. The first-order chi connectivity index (χ1) is 15.7. The monoisotopic (exact) mass is 463 g/mol. The molecule has 1 aliphatic heterocycles. The van der Waals surface area contributed by atoms with Gasteiger partial charge in [-0.15, -0.1) is 0 Å². The number of alkyl halides is 3. The van der Waals surface area contributed by atoms with Crippen LogP contribution in [0.4, 0.5) is 24.8 Å². The predicted molar refractivity (Wildman–Crippen MR) is 111 cm³/mol. The van der Waals surface area contributed by atoms with Crippen LogP contribution >= 0.6 is 0 Å². The van der Waals surface area contributed by atoms with E-state index in [4.69, 9.17) is 4.74 Å². The molecule has 3 aromatic rings. The molecule has 13 heteroatoms. The van der Waals surface area contributed by atoms with Crippen LogP contribution in [-0.2, 0) is 17.6 Å². The van der Waals surface area contributed by atoms with E-state index in [2.05, 4.69) is 20.0 Å². The maximum atomic E-state index is 12.7. The molecular weight excluding hydrogens is 443 g/mol. The van der Waals surface area contributed by atoms with E-state index in [1.54, 1.807) is 18.2 Å². The van der Waals surface area contributed by atoms with Crippen molar-refractivity contribution in [1.29, 1.82) is 0 Å². The topological polar surface area (TPSA) is 98.4 Å². The third-order valence-electron chi connectivity index (χ3n) is 5.18. The fourth-order valence-electron chi connectivity index (χ4n) is 3.46. The van der Waals surface area contributed by atoms with Crippen LogP contribution in [0.2, 0.25) is 0 Å². The number of anilines is 2. The van der Waals surface area contributed by atoms with Gasteiger partial charge in [-0.05, 0) is 24.3 Å². The number of benzene rings is 1. The number of halogens is 3. The Labute approximate surface area is 185 Å². The number of hydrogen-bond acceptors (Lipinski definition) is 8. The zero-order valence-electron chi connectivity index (χ0n) is 17.6. The van der Waals surface area contributed by atoms with Gasteiger partial charge in [-0.25, -0.2) is 14.6 Å². The highest BCUT2D eigenvalue weighted by Crippen LogP contribution is 2.27. The molecule has 4 rings (SSSR count). The van der Waals surface area contributed by atoms with Crippen molar-refractivity contribution in [2.45, 2.75) is 12.8 Å².